The molecule has 112 valence electrons. The standard InChI is InChI=1S/C14H22N2O3S/c1-10-4-3-5-12(10)16-20(17,18)14-7-6-11(9-15)8-13(14)19-2/h6-8,10,12,16H,3-5,9,15H2,1-2H3. The molecule has 5 nitrogen and oxygen atoms in total. The average Bonchev–Trinajstić information content (AvgIpc) is 2.82. The van der Waals surface area contributed by atoms with Crippen molar-refractivity contribution in [2.24, 2.45) is 11.7 Å². The zero-order chi connectivity index (χ0) is 14.8. The molecule has 0 saturated heterocycles. The molecule has 2 atom stereocenters. The molecule has 6 heteroatoms. The summed E-state index contributed by atoms with van der Waals surface area (Å²) >= 11 is 0. The van der Waals surface area contributed by atoms with Gasteiger partial charge in [0, 0.05) is 12.6 Å². The van der Waals surface area contributed by atoms with Gasteiger partial charge in [0.15, 0.2) is 0 Å². The highest BCUT2D eigenvalue weighted by molar-refractivity contribution is 7.89. The molecule has 1 aliphatic carbocycles. The van der Waals surface area contributed by atoms with Crippen LogP contribution in [0.4, 0.5) is 0 Å². The van der Waals surface area contributed by atoms with E-state index >= 15 is 0 Å². The molecule has 1 aromatic carbocycles. The molecule has 0 spiro atoms. The highest BCUT2D eigenvalue weighted by atomic mass is 32.2. The summed E-state index contributed by atoms with van der Waals surface area (Å²) in [5, 5.41) is 0. The Kier molecular flexibility index (Phi) is 4.67. The molecular formula is C14H22N2O3S. The maximum atomic E-state index is 12.5. The summed E-state index contributed by atoms with van der Waals surface area (Å²) in [5.74, 6) is 0.713. The van der Waals surface area contributed by atoms with Crippen molar-refractivity contribution in [3.63, 3.8) is 0 Å². The second-order valence-electron chi connectivity index (χ2n) is 5.33. The molecule has 3 N–H and O–H groups in total. The molecule has 1 aliphatic rings. The summed E-state index contributed by atoms with van der Waals surface area (Å²) in [7, 11) is -2.10. The Balaban J connectivity index is 2.29. The van der Waals surface area contributed by atoms with Crippen LogP contribution in [0.25, 0.3) is 0 Å². The van der Waals surface area contributed by atoms with Gasteiger partial charge in [0.05, 0.1) is 7.11 Å². The number of sulfonamides is 1. The quantitative estimate of drug-likeness (QED) is 0.865. The SMILES string of the molecule is COc1cc(CN)ccc1S(=O)(=O)NC1CCCC1C. The van der Waals surface area contributed by atoms with Gasteiger partial charge in [0.2, 0.25) is 10.0 Å². The second-order valence-corrected chi connectivity index (χ2v) is 7.01. The van der Waals surface area contributed by atoms with Crippen LogP contribution in [0.15, 0.2) is 23.1 Å². The van der Waals surface area contributed by atoms with Crippen molar-refractivity contribution in [3.8, 4) is 5.75 Å². The van der Waals surface area contributed by atoms with Crippen molar-refractivity contribution in [3.05, 3.63) is 23.8 Å². The first-order chi connectivity index (χ1) is 9.47. The van der Waals surface area contributed by atoms with Crippen molar-refractivity contribution in [1.29, 1.82) is 0 Å². The van der Waals surface area contributed by atoms with Gasteiger partial charge in [0.25, 0.3) is 0 Å². The average molecular weight is 298 g/mol. The van der Waals surface area contributed by atoms with Gasteiger partial charge in [-0.25, -0.2) is 13.1 Å². The summed E-state index contributed by atoms with van der Waals surface area (Å²) < 4.78 is 33.0. The maximum absolute atomic E-state index is 12.5. The Labute approximate surface area is 120 Å². The minimum absolute atomic E-state index is 0.0129. The second kappa shape index (κ2) is 6.11. The zero-order valence-corrected chi connectivity index (χ0v) is 12.7. The zero-order valence-electron chi connectivity index (χ0n) is 11.9. The van der Waals surface area contributed by atoms with Gasteiger partial charge < -0.3 is 10.5 Å². The first kappa shape index (κ1) is 15.3. The van der Waals surface area contributed by atoms with Crippen molar-refractivity contribution in [1.82, 2.24) is 4.72 Å². The Bertz CT molecular complexity index is 572. The summed E-state index contributed by atoms with van der Waals surface area (Å²) in [5.41, 5.74) is 6.40. The van der Waals surface area contributed by atoms with E-state index in [1.807, 2.05) is 0 Å². The lowest BCUT2D eigenvalue weighted by Gasteiger charge is -2.18. The number of ether oxygens (including phenoxy) is 1. The molecule has 0 aliphatic heterocycles. The van der Waals surface area contributed by atoms with Gasteiger partial charge in [-0.1, -0.05) is 19.4 Å². The Hall–Kier alpha value is -1.11. The lowest BCUT2D eigenvalue weighted by Crippen LogP contribution is -2.36. The minimum atomic E-state index is -3.56. The van der Waals surface area contributed by atoms with E-state index < -0.39 is 10.0 Å². The minimum Gasteiger partial charge on any atom is -0.495 e. The van der Waals surface area contributed by atoms with Crippen LogP contribution in [-0.4, -0.2) is 21.6 Å². The third kappa shape index (κ3) is 3.13. The van der Waals surface area contributed by atoms with Crippen LogP contribution in [0.3, 0.4) is 0 Å². The molecule has 0 radical (unpaired) electrons. The Morgan fingerprint density at radius 3 is 2.70 bits per heavy atom. The highest BCUT2D eigenvalue weighted by Gasteiger charge is 2.29. The van der Waals surface area contributed by atoms with Gasteiger partial charge in [0.1, 0.15) is 10.6 Å². The molecule has 20 heavy (non-hydrogen) atoms. The molecular weight excluding hydrogens is 276 g/mol. The summed E-state index contributed by atoms with van der Waals surface area (Å²) in [6.45, 7) is 2.43. The molecule has 1 fully saturated rings. The third-order valence-electron chi connectivity index (χ3n) is 3.92. The number of rotatable bonds is 5. The Morgan fingerprint density at radius 1 is 1.40 bits per heavy atom. The van der Waals surface area contributed by atoms with E-state index in [9.17, 15) is 8.42 Å². The summed E-state index contributed by atoms with van der Waals surface area (Å²) in [4.78, 5) is 0.177. The fourth-order valence-corrected chi connectivity index (χ4v) is 4.17. The molecule has 1 saturated carbocycles. The van der Waals surface area contributed by atoms with E-state index in [2.05, 4.69) is 11.6 Å². The van der Waals surface area contributed by atoms with Crippen molar-refractivity contribution >= 4 is 10.0 Å². The topological polar surface area (TPSA) is 81.4 Å². The molecule has 0 amide bonds. The van der Waals surface area contributed by atoms with E-state index in [0.29, 0.717) is 18.2 Å². The first-order valence-corrected chi connectivity index (χ1v) is 8.35. The van der Waals surface area contributed by atoms with E-state index in [1.54, 1.807) is 18.2 Å². The Morgan fingerprint density at radius 2 is 2.15 bits per heavy atom. The lowest BCUT2D eigenvalue weighted by atomic mass is 10.1. The summed E-state index contributed by atoms with van der Waals surface area (Å²) in [6, 6.07) is 4.96. The number of benzene rings is 1. The van der Waals surface area contributed by atoms with Crippen LogP contribution in [-0.2, 0) is 16.6 Å². The van der Waals surface area contributed by atoms with E-state index in [1.165, 1.54) is 7.11 Å². The van der Waals surface area contributed by atoms with Crippen molar-refractivity contribution in [2.45, 2.75) is 43.7 Å². The normalized spacial score (nSPS) is 22.9. The number of nitrogens with two attached hydrogens (primary N) is 1. The lowest BCUT2D eigenvalue weighted by molar-refractivity contribution is 0.400. The molecule has 2 rings (SSSR count). The monoisotopic (exact) mass is 298 g/mol. The van der Waals surface area contributed by atoms with Crippen LogP contribution in [0.5, 0.6) is 5.75 Å². The van der Waals surface area contributed by atoms with Gasteiger partial charge in [-0.2, -0.15) is 0 Å². The van der Waals surface area contributed by atoms with Gasteiger partial charge >= 0.3 is 0 Å². The van der Waals surface area contributed by atoms with Gasteiger partial charge in [-0.15, -0.1) is 0 Å². The third-order valence-corrected chi connectivity index (χ3v) is 5.45. The molecule has 2 unspecified atom stereocenters. The number of hydrogen-bond donors (Lipinski definition) is 2. The van der Waals surface area contributed by atoms with E-state index in [-0.39, 0.29) is 10.9 Å². The molecule has 1 aromatic rings. The first-order valence-electron chi connectivity index (χ1n) is 6.87. The van der Waals surface area contributed by atoms with Gasteiger partial charge in [-0.3, -0.25) is 0 Å². The maximum Gasteiger partial charge on any atom is 0.244 e. The fraction of sp³-hybridized carbons (Fsp3) is 0.571. The molecule has 0 heterocycles. The number of methoxy groups -OCH3 is 1. The van der Waals surface area contributed by atoms with Crippen LogP contribution < -0.4 is 15.2 Å². The summed E-state index contributed by atoms with van der Waals surface area (Å²) in [6.07, 6.45) is 3.03. The van der Waals surface area contributed by atoms with Crippen LogP contribution >= 0.6 is 0 Å². The van der Waals surface area contributed by atoms with Gasteiger partial charge in [-0.05, 0) is 36.5 Å². The predicted octanol–water partition coefficient (Wildman–Crippen LogP) is 1.62. The van der Waals surface area contributed by atoms with Crippen LogP contribution in [0.2, 0.25) is 0 Å². The van der Waals surface area contributed by atoms with E-state index in [4.69, 9.17) is 10.5 Å². The predicted molar refractivity (Wildman–Crippen MR) is 78.0 cm³/mol. The highest BCUT2D eigenvalue weighted by Crippen LogP contribution is 2.29. The van der Waals surface area contributed by atoms with E-state index in [0.717, 1.165) is 24.8 Å². The molecule has 0 aromatic heterocycles. The largest absolute Gasteiger partial charge is 0.495 e. The number of hydrogen-bond acceptors (Lipinski definition) is 4. The number of nitrogens with one attached hydrogen (secondary N) is 1. The molecule has 0 bridgehead atoms. The van der Waals surface area contributed by atoms with Crippen LogP contribution in [0.1, 0.15) is 31.7 Å². The van der Waals surface area contributed by atoms with Crippen molar-refractivity contribution < 1.29 is 13.2 Å². The van der Waals surface area contributed by atoms with Crippen LogP contribution in [0, 0.1) is 5.92 Å². The van der Waals surface area contributed by atoms with Crippen molar-refractivity contribution in [2.75, 3.05) is 7.11 Å². The fourth-order valence-electron chi connectivity index (χ4n) is 2.64. The smallest absolute Gasteiger partial charge is 0.244 e.